The topological polar surface area (TPSA) is 103 Å². The maximum absolute atomic E-state index is 14.5. The monoisotopic (exact) mass is 489 g/mol. The van der Waals surface area contributed by atoms with E-state index >= 15 is 0 Å². The lowest BCUT2D eigenvalue weighted by Gasteiger charge is -2.18. The van der Waals surface area contributed by atoms with Gasteiger partial charge in [-0.25, -0.2) is 4.98 Å². The van der Waals surface area contributed by atoms with Crippen LogP contribution < -0.4 is 20.9 Å². The standard InChI is InChI=1S/C23H22ClF2N5O3/c24-18-6-2-1-5-15(18)12-27-20(32)11-16-8-9-17-13-28-21(22(33)31(16)17)29-14-23(25,26)19-7-3-4-10-30(19)34/h1-7,10,13,16H,8-9,11-12,14H2,(H,27,32)(H,28,29). The van der Waals surface area contributed by atoms with Crippen LogP contribution in [-0.2, 0) is 23.7 Å². The highest BCUT2D eigenvalue weighted by molar-refractivity contribution is 6.31. The Morgan fingerprint density at radius 3 is 2.79 bits per heavy atom. The van der Waals surface area contributed by atoms with Gasteiger partial charge in [-0.15, -0.1) is 0 Å². The zero-order chi connectivity index (χ0) is 24.3. The lowest BCUT2D eigenvalue weighted by atomic mass is 10.1. The molecule has 1 unspecified atom stereocenters. The lowest BCUT2D eigenvalue weighted by molar-refractivity contribution is -0.624. The maximum Gasteiger partial charge on any atom is 0.347 e. The molecule has 0 fully saturated rings. The molecule has 1 amide bonds. The van der Waals surface area contributed by atoms with Crippen molar-refractivity contribution in [3.05, 3.63) is 92.4 Å². The molecule has 0 saturated carbocycles. The first-order chi connectivity index (χ1) is 16.3. The van der Waals surface area contributed by atoms with Gasteiger partial charge in [-0.3, -0.25) is 9.59 Å². The molecule has 1 aliphatic heterocycles. The van der Waals surface area contributed by atoms with E-state index in [9.17, 15) is 23.6 Å². The van der Waals surface area contributed by atoms with E-state index in [2.05, 4.69) is 15.6 Å². The minimum Gasteiger partial charge on any atom is -0.618 e. The molecule has 3 heterocycles. The smallest absolute Gasteiger partial charge is 0.347 e. The van der Waals surface area contributed by atoms with E-state index in [0.717, 1.165) is 17.8 Å². The van der Waals surface area contributed by atoms with E-state index in [-0.39, 0.29) is 29.4 Å². The second-order valence-corrected chi connectivity index (χ2v) is 8.41. The molecule has 4 rings (SSSR count). The van der Waals surface area contributed by atoms with Crippen LogP contribution in [0.5, 0.6) is 0 Å². The van der Waals surface area contributed by atoms with Crippen LogP contribution >= 0.6 is 11.6 Å². The molecule has 0 aliphatic carbocycles. The number of nitrogens with one attached hydrogen (secondary N) is 2. The highest BCUT2D eigenvalue weighted by atomic mass is 35.5. The second-order valence-electron chi connectivity index (χ2n) is 8.01. The fourth-order valence-corrected chi connectivity index (χ4v) is 4.17. The molecule has 178 valence electrons. The molecule has 2 aromatic heterocycles. The summed E-state index contributed by atoms with van der Waals surface area (Å²) in [5, 5.41) is 17.4. The summed E-state index contributed by atoms with van der Waals surface area (Å²) in [4.78, 5) is 29.5. The first-order valence-corrected chi connectivity index (χ1v) is 11.0. The normalized spacial score (nSPS) is 15.1. The lowest BCUT2D eigenvalue weighted by Crippen LogP contribution is -2.41. The number of carbonyl (C=O) groups excluding carboxylic acids is 1. The predicted octanol–water partition coefficient (Wildman–Crippen LogP) is 2.93. The molecule has 8 nitrogen and oxygen atoms in total. The molecule has 34 heavy (non-hydrogen) atoms. The quantitative estimate of drug-likeness (QED) is 0.374. The molecule has 0 bridgehead atoms. The summed E-state index contributed by atoms with van der Waals surface area (Å²) < 4.78 is 30.6. The van der Waals surface area contributed by atoms with Gasteiger partial charge in [-0.1, -0.05) is 29.8 Å². The first kappa shape index (κ1) is 23.6. The number of hydrogen-bond acceptors (Lipinski definition) is 5. The zero-order valence-corrected chi connectivity index (χ0v) is 18.8. The van der Waals surface area contributed by atoms with Crippen molar-refractivity contribution in [1.29, 1.82) is 0 Å². The summed E-state index contributed by atoms with van der Waals surface area (Å²) >= 11 is 6.11. The number of aromatic nitrogens is 3. The molecule has 1 aliphatic rings. The van der Waals surface area contributed by atoms with Crippen LogP contribution in [0.25, 0.3) is 0 Å². The molecule has 0 spiro atoms. The van der Waals surface area contributed by atoms with E-state index in [1.165, 1.54) is 22.9 Å². The Morgan fingerprint density at radius 1 is 1.26 bits per heavy atom. The minimum absolute atomic E-state index is 0.0527. The SMILES string of the molecule is O=C(CC1CCc2cnc(NCC(F)(F)c3cccc[n+]3[O-])c(=O)n21)NCc1ccccc1Cl. The average Bonchev–Trinajstić information content (AvgIpc) is 3.21. The van der Waals surface area contributed by atoms with Crippen LogP contribution in [0.2, 0.25) is 5.02 Å². The highest BCUT2D eigenvalue weighted by Crippen LogP contribution is 2.28. The molecular formula is C23H22ClF2N5O3. The second kappa shape index (κ2) is 9.76. The van der Waals surface area contributed by atoms with Gasteiger partial charge in [-0.2, -0.15) is 13.5 Å². The molecule has 11 heteroatoms. The molecule has 0 radical (unpaired) electrons. The van der Waals surface area contributed by atoms with E-state index in [0.29, 0.717) is 23.6 Å². The van der Waals surface area contributed by atoms with Crippen LogP contribution in [0.1, 0.15) is 35.8 Å². The summed E-state index contributed by atoms with van der Waals surface area (Å²) in [5.41, 5.74) is 0.0807. The third kappa shape index (κ3) is 5.01. The third-order valence-corrected chi connectivity index (χ3v) is 6.07. The van der Waals surface area contributed by atoms with Gasteiger partial charge in [-0.05, 0) is 30.5 Å². The number of alkyl halides is 2. The van der Waals surface area contributed by atoms with Gasteiger partial charge in [0.1, 0.15) is 0 Å². The van der Waals surface area contributed by atoms with E-state index in [1.807, 2.05) is 6.07 Å². The largest absolute Gasteiger partial charge is 0.618 e. The Labute approximate surface area is 198 Å². The molecule has 0 saturated heterocycles. The summed E-state index contributed by atoms with van der Waals surface area (Å²) in [6.07, 6.45) is 3.57. The Bertz CT molecular complexity index is 1270. The Morgan fingerprint density at radius 2 is 2.03 bits per heavy atom. The van der Waals surface area contributed by atoms with Crippen LogP contribution in [0, 0.1) is 5.21 Å². The van der Waals surface area contributed by atoms with Crippen molar-refractivity contribution in [2.75, 3.05) is 11.9 Å². The van der Waals surface area contributed by atoms with Gasteiger partial charge in [0.25, 0.3) is 11.3 Å². The van der Waals surface area contributed by atoms with Crippen molar-refractivity contribution in [2.45, 2.75) is 37.8 Å². The summed E-state index contributed by atoms with van der Waals surface area (Å²) in [6, 6.07) is 10.4. The van der Waals surface area contributed by atoms with Gasteiger partial charge >= 0.3 is 5.92 Å². The van der Waals surface area contributed by atoms with Crippen molar-refractivity contribution in [3.8, 4) is 0 Å². The van der Waals surface area contributed by atoms with Gasteiger partial charge in [0, 0.05) is 48.1 Å². The fraction of sp³-hybridized carbons (Fsp3) is 0.304. The number of anilines is 1. The summed E-state index contributed by atoms with van der Waals surface area (Å²) in [6.45, 7) is -0.728. The number of halogens is 3. The number of benzene rings is 1. The number of amides is 1. The summed E-state index contributed by atoms with van der Waals surface area (Å²) in [7, 11) is 0. The number of pyridine rings is 1. The highest BCUT2D eigenvalue weighted by Gasteiger charge is 2.39. The third-order valence-electron chi connectivity index (χ3n) is 5.70. The number of carbonyl (C=O) groups is 1. The maximum atomic E-state index is 14.5. The van der Waals surface area contributed by atoms with Gasteiger partial charge in [0.15, 0.2) is 12.0 Å². The van der Waals surface area contributed by atoms with Gasteiger partial charge in [0.2, 0.25) is 5.91 Å². The van der Waals surface area contributed by atoms with Crippen LogP contribution in [-0.4, -0.2) is 22.0 Å². The number of hydrogen-bond donors (Lipinski definition) is 2. The molecule has 1 aromatic carbocycles. The number of aryl methyl sites for hydroxylation is 1. The molecule has 1 atom stereocenters. The van der Waals surface area contributed by atoms with Crippen LogP contribution in [0.3, 0.4) is 0 Å². The number of nitrogens with zero attached hydrogens (tertiary/aromatic N) is 3. The van der Waals surface area contributed by atoms with Crippen molar-refractivity contribution < 1.29 is 18.3 Å². The summed E-state index contributed by atoms with van der Waals surface area (Å²) in [5.74, 6) is -4.05. The molecule has 3 aromatic rings. The van der Waals surface area contributed by atoms with Crippen molar-refractivity contribution >= 4 is 23.3 Å². The number of fused-ring (bicyclic) bond motifs is 1. The molecule has 2 N–H and O–H groups in total. The van der Waals surface area contributed by atoms with Crippen molar-refractivity contribution in [2.24, 2.45) is 0 Å². The van der Waals surface area contributed by atoms with Crippen molar-refractivity contribution in [3.63, 3.8) is 0 Å². The Hall–Kier alpha value is -3.53. The van der Waals surface area contributed by atoms with Gasteiger partial charge in [0.05, 0.1) is 6.54 Å². The number of rotatable bonds is 8. The van der Waals surface area contributed by atoms with Gasteiger partial charge < -0.3 is 20.4 Å². The van der Waals surface area contributed by atoms with Crippen LogP contribution in [0.4, 0.5) is 14.6 Å². The predicted molar refractivity (Wildman–Crippen MR) is 122 cm³/mol. The van der Waals surface area contributed by atoms with Crippen molar-refractivity contribution in [1.82, 2.24) is 14.9 Å². The average molecular weight is 490 g/mol. The molecular weight excluding hydrogens is 468 g/mol. The fourth-order valence-electron chi connectivity index (χ4n) is 3.96. The van der Waals surface area contributed by atoms with E-state index in [1.54, 1.807) is 18.2 Å². The Kier molecular flexibility index (Phi) is 6.78. The first-order valence-electron chi connectivity index (χ1n) is 10.7. The van der Waals surface area contributed by atoms with E-state index in [4.69, 9.17) is 11.6 Å². The van der Waals surface area contributed by atoms with E-state index < -0.39 is 29.8 Å². The van der Waals surface area contributed by atoms with Crippen LogP contribution in [0.15, 0.2) is 59.7 Å². The Balaban J connectivity index is 1.44. The zero-order valence-electron chi connectivity index (χ0n) is 18.0. The minimum atomic E-state index is -3.53.